The van der Waals surface area contributed by atoms with Gasteiger partial charge in [0.05, 0.1) is 17.1 Å². The van der Waals surface area contributed by atoms with Crippen LogP contribution in [0.25, 0.3) is 5.65 Å². The number of anilines is 1. The van der Waals surface area contributed by atoms with Crippen molar-refractivity contribution >= 4 is 21.4 Å². The Morgan fingerprint density at radius 2 is 1.86 bits per heavy atom. The van der Waals surface area contributed by atoms with Crippen LogP contribution in [0, 0.1) is 6.92 Å². The van der Waals surface area contributed by atoms with Gasteiger partial charge in [0.2, 0.25) is 10.0 Å². The second-order valence-corrected chi connectivity index (χ2v) is 7.06. The molecular weight excluding hydrogens is 298 g/mol. The molecule has 0 atom stereocenters. The Bertz CT molecular complexity index is 886. The summed E-state index contributed by atoms with van der Waals surface area (Å²) < 4.78 is 28.8. The van der Waals surface area contributed by atoms with Crippen molar-refractivity contribution in [1.82, 2.24) is 9.38 Å². The standard InChI is InChI=1S/C16H17N3O2S/c1-13-11-19-12-15(7-8-16(19)17-13)18-22(20,21)10-9-14-5-3-2-4-6-14/h2-8,11-12,18H,9-10H2,1H3. The maximum atomic E-state index is 12.2. The van der Waals surface area contributed by atoms with Crippen LogP contribution in [0.1, 0.15) is 11.3 Å². The van der Waals surface area contributed by atoms with E-state index in [4.69, 9.17) is 0 Å². The fourth-order valence-corrected chi connectivity index (χ4v) is 3.39. The largest absolute Gasteiger partial charge is 0.305 e. The van der Waals surface area contributed by atoms with Gasteiger partial charge < -0.3 is 4.40 Å². The summed E-state index contributed by atoms with van der Waals surface area (Å²) >= 11 is 0. The van der Waals surface area contributed by atoms with Crippen LogP contribution in [0.3, 0.4) is 0 Å². The van der Waals surface area contributed by atoms with Crippen LogP contribution in [-0.4, -0.2) is 23.6 Å². The Balaban J connectivity index is 1.72. The van der Waals surface area contributed by atoms with Crippen LogP contribution < -0.4 is 4.72 Å². The number of hydrogen-bond donors (Lipinski definition) is 1. The van der Waals surface area contributed by atoms with Gasteiger partial charge in [-0.05, 0) is 31.0 Å². The van der Waals surface area contributed by atoms with Crippen LogP contribution in [-0.2, 0) is 16.4 Å². The van der Waals surface area contributed by atoms with Crippen molar-refractivity contribution in [2.24, 2.45) is 0 Å². The van der Waals surface area contributed by atoms with Crippen LogP contribution in [0.2, 0.25) is 0 Å². The maximum absolute atomic E-state index is 12.2. The van der Waals surface area contributed by atoms with Gasteiger partial charge >= 0.3 is 0 Å². The average molecular weight is 315 g/mol. The fourth-order valence-electron chi connectivity index (χ4n) is 2.31. The van der Waals surface area contributed by atoms with Crippen molar-refractivity contribution in [2.75, 3.05) is 10.5 Å². The first-order valence-corrected chi connectivity index (χ1v) is 8.67. The molecule has 0 aliphatic heterocycles. The van der Waals surface area contributed by atoms with Gasteiger partial charge in [-0.3, -0.25) is 4.72 Å². The molecule has 0 saturated heterocycles. The van der Waals surface area contributed by atoms with E-state index in [0.29, 0.717) is 12.1 Å². The Kier molecular flexibility index (Phi) is 3.85. The van der Waals surface area contributed by atoms with Gasteiger partial charge in [-0.15, -0.1) is 0 Å². The molecular formula is C16H17N3O2S. The summed E-state index contributed by atoms with van der Waals surface area (Å²) in [5, 5.41) is 0. The molecule has 2 aromatic heterocycles. The molecule has 0 bridgehead atoms. The van der Waals surface area contributed by atoms with Crippen molar-refractivity contribution in [3.8, 4) is 0 Å². The SMILES string of the molecule is Cc1cn2cc(NS(=O)(=O)CCc3ccccc3)ccc2n1. The van der Waals surface area contributed by atoms with Crippen LogP contribution in [0.5, 0.6) is 0 Å². The monoisotopic (exact) mass is 315 g/mol. The minimum absolute atomic E-state index is 0.0536. The van der Waals surface area contributed by atoms with Crippen molar-refractivity contribution in [2.45, 2.75) is 13.3 Å². The summed E-state index contributed by atoms with van der Waals surface area (Å²) in [7, 11) is -3.38. The van der Waals surface area contributed by atoms with Gasteiger partial charge in [0.25, 0.3) is 0 Å². The van der Waals surface area contributed by atoms with Gasteiger partial charge in [0.15, 0.2) is 0 Å². The van der Waals surface area contributed by atoms with Crippen LogP contribution in [0.4, 0.5) is 5.69 Å². The van der Waals surface area contributed by atoms with E-state index in [0.717, 1.165) is 16.9 Å². The number of aromatic nitrogens is 2. The molecule has 6 heteroatoms. The third-order valence-corrected chi connectivity index (χ3v) is 4.64. The molecule has 3 rings (SSSR count). The van der Waals surface area contributed by atoms with E-state index < -0.39 is 10.0 Å². The Morgan fingerprint density at radius 3 is 2.64 bits per heavy atom. The molecule has 0 aliphatic rings. The highest BCUT2D eigenvalue weighted by molar-refractivity contribution is 7.92. The Labute approximate surface area is 129 Å². The van der Waals surface area contributed by atoms with E-state index in [1.54, 1.807) is 18.3 Å². The third kappa shape index (κ3) is 3.46. The first-order valence-electron chi connectivity index (χ1n) is 7.02. The summed E-state index contributed by atoms with van der Waals surface area (Å²) in [5.41, 5.74) is 3.24. The molecule has 0 radical (unpaired) electrons. The zero-order valence-electron chi connectivity index (χ0n) is 12.2. The number of nitrogens with one attached hydrogen (secondary N) is 1. The van der Waals surface area contributed by atoms with E-state index >= 15 is 0 Å². The zero-order valence-corrected chi connectivity index (χ0v) is 13.0. The maximum Gasteiger partial charge on any atom is 0.233 e. The number of pyridine rings is 1. The average Bonchev–Trinajstić information content (AvgIpc) is 2.85. The minimum atomic E-state index is -3.38. The lowest BCUT2D eigenvalue weighted by molar-refractivity contribution is 0.600. The summed E-state index contributed by atoms with van der Waals surface area (Å²) in [6.45, 7) is 1.90. The molecule has 2 heterocycles. The molecule has 0 saturated carbocycles. The molecule has 1 aromatic carbocycles. The van der Waals surface area contributed by atoms with E-state index in [1.807, 2.05) is 47.9 Å². The van der Waals surface area contributed by atoms with Crippen molar-refractivity contribution in [1.29, 1.82) is 0 Å². The first-order chi connectivity index (χ1) is 10.5. The normalized spacial score (nSPS) is 11.7. The molecule has 1 N–H and O–H groups in total. The third-order valence-electron chi connectivity index (χ3n) is 3.35. The minimum Gasteiger partial charge on any atom is -0.305 e. The van der Waals surface area contributed by atoms with Crippen molar-refractivity contribution < 1.29 is 8.42 Å². The lowest BCUT2D eigenvalue weighted by atomic mass is 10.2. The smallest absolute Gasteiger partial charge is 0.233 e. The molecule has 0 aliphatic carbocycles. The highest BCUT2D eigenvalue weighted by atomic mass is 32.2. The molecule has 0 unspecified atom stereocenters. The molecule has 114 valence electrons. The molecule has 0 amide bonds. The molecule has 3 aromatic rings. The predicted molar refractivity (Wildman–Crippen MR) is 87.5 cm³/mol. The van der Waals surface area contributed by atoms with Gasteiger partial charge in [-0.25, -0.2) is 13.4 Å². The number of sulfonamides is 1. The second-order valence-electron chi connectivity index (χ2n) is 5.22. The van der Waals surface area contributed by atoms with E-state index in [2.05, 4.69) is 9.71 Å². The van der Waals surface area contributed by atoms with Crippen molar-refractivity contribution in [3.63, 3.8) is 0 Å². The molecule has 5 nitrogen and oxygen atoms in total. The Morgan fingerprint density at radius 1 is 1.09 bits per heavy atom. The topological polar surface area (TPSA) is 63.5 Å². The number of aryl methyl sites for hydroxylation is 2. The summed E-state index contributed by atoms with van der Waals surface area (Å²) in [5.74, 6) is 0.0536. The predicted octanol–water partition coefficient (Wildman–Crippen LogP) is 2.63. The van der Waals surface area contributed by atoms with Gasteiger partial charge in [-0.2, -0.15) is 0 Å². The summed E-state index contributed by atoms with van der Waals surface area (Å²) in [4.78, 5) is 4.31. The molecule has 0 fully saturated rings. The number of imidazole rings is 1. The van der Waals surface area contributed by atoms with Crippen molar-refractivity contribution in [3.05, 3.63) is 66.1 Å². The fraction of sp³-hybridized carbons (Fsp3) is 0.188. The molecule has 22 heavy (non-hydrogen) atoms. The Hall–Kier alpha value is -2.34. The lowest BCUT2D eigenvalue weighted by Crippen LogP contribution is -2.18. The number of nitrogens with zero attached hydrogens (tertiary/aromatic N) is 2. The van der Waals surface area contributed by atoms with E-state index in [1.165, 1.54) is 0 Å². The molecule has 0 spiro atoms. The number of fused-ring (bicyclic) bond motifs is 1. The van der Waals surface area contributed by atoms with Crippen LogP contribution >= 0.6 is 0 Å². The zero-order chi connectivity index (χ0) is 15.6. The summed E-state index contributed by atoms with van der Waals surface area (Å²) in [6, 6.07) is 13.1. The number of rotatable bonds is 5. The lowest BCUT2D eigenvalue weighted by Gasteiger charge is -2.08. The number of benzene rings is 1. The van der Waals surface area contributed by atoms with E-state index in [9.17, 15) is 8.42 Å². The van der Waals surface area contributed by atoms with Gasteiger partial charge in [0.1, 0.15) is 5.65 Å². The van der Waals surface area contributed by atoms with Gasteiger partial charge in [0, 0.05) is 12.4 Å². The van der Waals surface area contributed by atoms with Gasteiger partial charge in [-0.1, -0.05) is 30.3 Å². The highest BCUT2D eigenvalue weighted by Crippen LogP contribution is 2.13. The number of hydrogen-bond acceptors (Lipinski definition) is 3. The summed E-state index contributed by atoms with van der Waals surface area (Å²) in [6.07, 6.45) is 4.08. The van der Waals surface area contributed by atoms with Crippen LogP contribution in [0.15, 0.2) is 54.9 Å². The highest BCUT2D eigenvalue weighted by Gasteiger charge is 2.11. The second kappa shape index (κ2) is 5.81. The quantitative estimate of drug-likeness (QED) is 0.787. The van der Waals surface area contributed by atoms with E-state index in [-0.39, 0.29) is 5.75 Å². The first kappa shape index (κ1) is 14.6.